The van der Waals surface area contributed by atoms with Crippen molar-refractivity contribution in [2.75, 3.05) is 13.7 Å². The highest BCUT2D eigenvalue weighted by molar-refractivity contribution is 5.82. The second-order valence-corrected chi connectivity index (χ2v) is 6.27. The van der Waals surface area contributed by atoms with Crippen molar-refractivity contribution in [3.8, 4) is 0 Å². The second kappa shape index (κ2) is 8.91. The molecule has 3 atom stereocenters. The minimum absolute atomic E-state index is 0.0404. The Labute approximate surface area is 134 Å². The van der Waals surface area contributed by atoms with Crippen molar-refractivity contribution in [2.45, 2.75) is 52.1 Å². The summed E-state index contributed by atoms with van der Waals surface area (Å²) >= 11 is 0. The van der Waals surface area contributed by atoms with Gasteiger partial charge in [-0.1, -0.05) is 52.0 Å². The summed E-state index contributed by atoms with van der Waals surface area (Å²) in [5, 5.41) is 3.04. The fourth-order valence-corrected chi connectivity index (χ4v) is 2.42. The van der Waals surface area contributed by atoms with Crippen molar-refractivity contribution in [3.63, 3.8) is 0 Å². The maximum absolute atomic E-state index is 12.1. The van der Waals surface area contributed by atoms with Crippen molar-refractivity contribution >= 4 is 5.91 Å². The zero-order chi connectivity index (χ0) is 16.7. The van der Waals surface area contributed by atoms with Crippen molar-refractivity contribution in [1.82, 2.24) is 5.32 Å². The van der Waals surface area contributed by atoms with Crippen LogP contribution in [0.3, 0.4) is 0 Å². The Bertz CT molecular complexity index is 457. The molecule has 0 aromatic heterocycles. The first-order chi connectivity index (χ1) is 10.4. The van der Waals surface area contributed by atoms with Crippen LogP contribution in [0.4, 0.5) is 0 Å². The predicted octanol–water partition coefficient (Wildman–Crippen LogP) is 2.99. The lowest BCUT2D eigenvalue weighted by Crippen LogP contribution is -2.45. The summed E-state index contributed by atoms with van der Waals surface area (Å²) in [7, 11) is 1.54. The van der Waals surface area contributed by atoms with Gasteiger partial charge in [-0.15, -0.1) is 0 Å². The summed E-state index contributed by atoms with van der Waals surface area (Å²) in [6.45, 7) is 8.82. The molecule has 1 aromatic rings. The van der Waals surface area contributed by atoms with Gasteiger partial charge in [0.25, 0.3) is 0 Å². The number of nitrogens with one attached hydrogen (secondary N) is 1. The monoisotopic (exact) mass is 306 g/mol. The van der Waals surface area contributed by atoms with Gasteiger partial charge in [0.2, 0.25) is 5.91 Å². The highest BCUT2D eigenvalue weighted by atomic mass is 16.5. The van der Waals surface area contributed by atoms with Gasteiger partial charge in [0, 0.05) is 7.11 Å². The first-order valence-electron chi connectivity index (χ1n) is 8.05. The molecule has 0 radical (unpaired) electrons. The molecule has 1 amide bonds. The lowest BCUT2D eigenvalue weighted by Gasteiger charge is -2.25. The Kier molecular flexibility index (Phi) is 7.56. The minimum Gasteiger partial charge on any atom is -0.383 e. The molecule has 4 heteroatoms. The molecule has 3 unspecified atom stereocenters. The minimum atomic E-state index is -0.634. The predicted molar refractivity (Wildman–Crippen MR) is 90.7 cm³/mol. The number of rotatable bonds is 8. The number of nitrogens with two attached hydrogens (primary N) is 1. The molecule has 1 rings (SSSR count). The first kappa shape index (κ1) is 18.7. The number of carbonyl (C=O) groups excluding carboxylic acids is 1. The molecule has 3 N–H and O–H groups in total. The van der Waals surface area contributed by atoms with Crippen molar-refractivity contribution in [2.24, 2.45) is 11.7 Å². The zero-order valence-corrected chi connectivity index (χ0v) is 14.4. The summed E-state index contributed by atoms with van der Waals surface area (Å²) in [6.07, 6.45) is 1.12. The maximum atomic E-state index is 12.1. The molecule has 0 spiro atoms. The normalized spacial score (nSPS) is 15.4. The van der Waals surface area contributed by atoms with E-state index in [0.717, 1.165) is 12.0 Å². The number of methoxy groups -OCH3 is 1. The molecular formula is C18H30N2O2. The average Bonchev–Trinajstić information content (AvgIpc) is 2.51. The van der Waals surface area contributed by atoms with Crippen molar-refractivity contribution in [3.05, 3.63) is 35.4 Å². The lowest BCUT2D eigenvalue weighted by atomic mass is 9.92. The van der Waals surface area contributed by atoms with E-state index in [4.69, 9.17) is 10.5 Å². The van der Waals surface area contributed by atoms with E-state index in [1.807, 2.05) is 0 Å². The van der Waals surface area contributed by atoms with Crippen LogP contribution in [0.25, 0.3) is 0 Å². The molecule has 4 nitrogen and oxygen atoms in total. The van der Waals surface area contributed by atoms with Crippen LogP contribution in [-0.2, 0) is 9.53 Å². The highest BCUT2D eigenvalue weighted by Gasteiger charge is 2.22. The largest absolute Gasteiger partial charge is 0.383 e. The molecule has 0 aliphatic heterocycles. The molecule has 124 valence electrons. The van der Waals surface area contributed by atoms with E-state index in [2.05, 4.69) is 57.3 Å². The van der Waals surface area contributed by atoms with Gasteiger partial charge in [0.05, 0.1) is 12.6 Å². The standard InChI is InChI=1S/C18H30N2O2/c1-6-13(4)14-7-9-15(10-8-14)17(12(2)3)20-18(21)16(19)11-22-5/h7-10,12-13,16-17H,6,11,19H2,1-5H3,(H,20,21). The number of amides is 1. The molecule has 0 fully saturated rings. The van der Waals surface area contributed by atoms with Gasteiger partial charge < -0.3 is 15.8 Å². The van der Waals surface area contributed by atoms with E-state index in [-0.39, 0.29) is 24.5 Å². The SMILES string of the molecule is CCC(C)c1ccc(C(NC(=O)C(N)COC)C(C)C)cc1. The third kappa shape index (κ3) is 5.11. The topological polar surface area (TPSA) is 64.4 Å². The number of ether oxygens (including phenoxy) is 1. The van der Waals surface area contributed by atoms with Gasteiger partial charge in [0.15, 0.2) is 0 Å². The summed E-state index contributed by atoms with van der Waals surface area (Å²) in [5.74, 6) is 0.663. The quantitative estimate of drug-likeness (QED) is 0.776. The zero-order valence-electron chi connectivity index (χ0n) is 14.4. The number of hydrogen-bond donors (Lipinski definition) is 2. The van der Waals surface area contributed by atoms with Crippen LogP contribution in [0.1, 0.15) is 57.2 Å². The molecule has 1 aromatic carbocycles. The Morgan fingerprint density at radius 3 is 2.18 bits per heavy atom. The van der Waals surface area contributed by atoms with Crippen LogP contribution in [0.15, 0.2) is 24.3 Å². The Morgan fingerprint density at radius 2 is 1.73 bits per heavy atom. The van der Waals surface area contributed by atoms with Gasteiger partial charge in [-0.3, -0.25) is 4.79 Å². The average molecular weight is 306 g/mol. The molecule has 0 aliphatic carbocycles. The van der Waals surface area contributed by atoms with Crippen LogP contribution in [0, 0.1) is 5.92 Å². The molecule has 0 saturated heterocycles. The highest BCUT2D eigenvalue weighted by Crippen LogP contribution is 2.25. The number of carbonyl (C=O) groups is 1. The molecule has 0 saturated carbocycles. The van der Waals surface area contributed by atoms with Crippen LogP contribution in [0.2, 0.25) is 0 Å². The van der Waals surface area contributed by atoms with Gasteiger partial charge in [0.1, 0.15) is 6.04 Å². The fourth-order valence-electron chi connectivity index (χ4n) is 2.42. The van der Waals surface area contributed by atoms with E-state index in [1.165, 1.54) is 5.56 Å². The van der Waals surface area contributed by atoms with Crippen LogP contribution >= 0.6 is 0 Å². The summed E-state index contributed by atoms with van der Waals surface area (Å²) < 4.78 is 4.94. The third-order valence-electron chi connectivity index (χ3n) is 4.12. The van der Waals surface area contributed by atoms with Crippen LogP contribution in [0.5, 0.6) is 0 Å². The Hall–Kier alpha value is -1.39. The van der Waals surface area contributed by atoms with E-state index < -0.39 is 6.04 Å². The third-order valence-corrected chi connectivity index (χ3v) is 4.12. The van der Waals surface area contributed by atoms with Crippen LogP contribution in [-0.4, -0.2) is 25.7 Å². The van der Waals surface area contributed by atoms with E-state index in [9.17, 15) is 4.79 Å². The lowest BCUT2D eigenvalue weighted by molar-refractivity contribution is -0.124. The van der Waals surface area contributed by atoms with E-state index in [0.29, 0.717) is 5.92 Å². The second-order valence-electron chi connectivity index (χ2n) is 6.27. The molecule has 22 heavy (non-hydrogen) atoms. The first-order valence-corrected chi connectivity index (χ1v) is 8.05. The summed E-state index contributed by atoms with van der Waals surface area (Å²) in [4.78, 5) is 12.1. The van der Waals surface area contributed by atoms with Gasteiger partial charge in [-0.2, -0.15) is 0 Å². The molecule has 0 heterocycles. The van der Waals surface area contributed by atoms with Crippen LogP contribution < -0.4 is 11.1 Å². The number of benzene rings is 1. The van der Waals surface area contributed by atoms with Gasteiger partial charge in [-0.25, -0.2) is 0 Å². The maximum Gasteiger partial charge on any atom is 0.239 e. The molecule has 0 aliphatic rings. The van der Waals surface area contributed by atoms with Gasteiger partial charge in [-0.05, 0) is 29.4 Å². The van der Waals surface area contributed by atoms with E-state index in [1.54, 1.807) is 7.11 Å². The molecule has 0 bridgehead atoms. The summed E-state index contributed by atoms with van der Waals surface area (Å²) in [5.41, 5.74) is 8.24. The van der Waals surface area contributed by atoms with Gasteiger partial charge >= 0.3 is 0 Å². The molecular weight excluding hydrogens is 276 g/mol. The number of hydrogen-bond acceptors (Lipinski definition) is 3. The Balaban J connectivity index is 2.85. The van der Waals surface area contributed by atoms with Crippen molar-refractivity contribution < 1.29 is 9.53 Å². The van der Waals surface area contributed by atoms with Crippen molar-refractivity contribution in [1.29, 1.82) is 0 Å². The fraction of sp³-hybridized carbons (Fsp3) is 0.611. The van der Waals surface area contributed by atoms with E-state index >= 15 is 0 Å². The summed E-state index contributed by atoms with van der Waals surface area (Å²) in [6, 6.07) is 7.84. The Morgan fingerprint density at radius 1 is 1.18 bits per heavy atom. The smallest absolute Gasteiger partial charge is 0.239 e.